The molecule has 0 aliphatic heterocycles. The van der Waals surface area contributed by atoms with E-state index in [1.807, 2.05) is 12.2 Å². The van der Waals surface area contributed by atoms with Gasteiger partial charge in [-0.05, 0) is 19.3 Å². The number of aliphatic carboxylic acids is 2. The number of nitrogens with one attached hydrogen (secondary N) is 3. The zero-order valence-corrected chi connectivity index (χ0v) is 16.7. The van der Waals surface area contributed by atoms with Gasteiger partial charge in [0.1, 0.15) is 6.04 Å². The smallest absolute Gasteiger partial charge is 0.328 e. The lowest BCUT2D eigenvalue weighted by Crippen LogP contribution is -2.55. The molecule has 5 atom stereocenters. The van der Waals surface area contributed by atoms with Gasteiger partial charge in [-0.3, -0.25) is 19.2 Å². The van der Waals surface area contributed by atoms with Crippen LogP contribution in [0.15, 0.2) is 0 Å². The number of carboxylic acid groups (broad SMARTS) is 2. The fraction of sp³-hybridized carbons (Fsp3) is 0.706. The molecule has 0 bridgehead atoms. The van der Waals surface area contributed by atoms with Crippen molar-refractivity contribution in [3.63, 3.8) is 0 Å². The molecular formula is C17H30N4O8. The molecular weight excluding hydrogens is 388 g/mol. The molecule has 12 heteroatoms. The maximum absolute atomic E-state index is 12.3. The van der Waals surface area contributed by atoms with Gasteiger partial charge >= 0.3 is 11.9 Å². The predicted molar refractivity (Wildman–Crippen MR) is 100 cm³/mol. The molecule has 0 saturated heterocycles. The SMILES string of the molecule is CCC(C)C(N)C(=O)NC(CCC(=O)O)C(=O)NCC(=O)NC(C(=O)O)C(C)O. The van der Waals surface area contributed by atoms with Gasteiger partial charge in [-0.15, -0.1) is 0 Å². The normalized spacial score (nSPS) is 15.9. The van der Waals surface area contributed by atoms with Crippen LogP contribution in [-0.4, -0.2) is 75.8 Å². The molecule has 166 valence electrons. The van der Waals surface area contributed by atoms with Crippen LogP contribution < -0.4 is 21.7 Å². The van der Waals surface area contributed by atoms with Crippen molar-refractivity contribution in [2.75, 3.05) is 6.54 Å². The number of hydrogen-bond donors (Lipinski definition) is 7. The lowest BCUT2D eigenvalue weighted by Gasteiger charge is -2.23. The van der Waals surface area contributed by atoms with Crippen LogP contribution in [0.2, 0.25) is 0 Å². The Morgan fingerprint density at radius 1 is 1.00 bits per heavy atom. The van der Waals surface area contributed by atoms with Crippen molar-refractivity contribution in [1.29, 1.82) is 0 Å². The van der Waals surface area contributed by atoms with E-state index in [-0.39, 0.29) is 12.3 Å². The van der Waals surface area contributed by atoms with Gasteiger partial charge in [0.25, 0.3) is 0 Å². The molecule has 0 fully saturated rings. The average molecular weight is 418 g/mol. The molecule has 0 aliphatic rings. The van der Waals surface area contributed by atoms with Crippen LogP contribution in [0.5, 0.6) is 0 Å². The number of aliphatic hydroxyl groups excluding tert-OH is 1. The van der Waals surface area contributed by atoms with E-state index in [2.05, 4.69) is 10.6 Å². The average Bonchev–Trinajstić information content (AvgIpc) is 2.64. The Kier molecular flexibility index (Phi) is 11.5. The molecule has 0 aromatic rings. The van der Waals surface area contributed by atoms with E-state index < -0.39 is 66.9 Å². The molecule has 3 amide bonds. The highest BCUT2D eigenvalue weighted by atomic mass is 16.4. The largest absolute Gasteiger partial charge is 0.481 e. The van der Waals surface area contributed by atoms with Crippen molar-refractivity contribution in [3.05, 3.63) is 0 Å². The highest BCUT2D eigenvalue weighted by molar-refractivity contribution is 5.92. The minimum absolute atomic E-state index is 0.169. The molecule has 0 aliphatic carbocycles. The molecule has 0 rings (SSSR count). The van der Waals surface area contributed by atoms with E-state index in [0.717, 1.165) is 0 Å². The van der Waals surface area contributed by atoms with Crippen LogP contribution >= 0.6 is 0 Å². The summed E-state index contributed by atoms with van der Waals surface area (Å²) in [5.41, 5.74) is 5.81. The van der Waals surface area contributed by atoms with Gasteiger partial charge in [0.2, 0.25) is 17.7 Å². The molecule has 5 unspecified atom stereocenters. The monoisotopic (exact) mass is 418 g/mol. The van der Waals surface area contributed by atoms with Crippen molar-refractivity contribution in [2.45, 2.75) is 64.3 Å². The first-order valence-electron chi connectivity index (χ1n) is 9.16. The number of rotatable bonds is 13. The predicted octanol–water partition coefficient (Wildman–Crippen LogP) is -2.22. The second-order valence-corrected chi connectivity index (χ2v) is 6.75. The fourth-order valence-corrected chi connectivity index (χ4v) is 2.22. The van der Waals surface area contributed by atoms with Gasteiger partial charge in [0.15, 0.2) is 6.04 Å². The van der Waals surface area contributed by atoms with Crippen LogP contribution in [0.3, 0.4) is 0 Å². The number of amides is 3. The summed E-state index contributed by atoms with van der Waals surface area (Å²) in [4.78, 5) is 58.1. The van der Waals surface area contributed by atoms with Gasteiger partial charge < -0.3 is 37.0 Å². The summed E-state index contributed by atoms with van der Waals surface area (Å²) in [6.07, 6.45) is -1.38. The second-order valence-electron chi connectivity index (χ2n) is 6.75. The van der Waals surface area contributed by atoms with Gasteiger partial charge in [0.05, 0.1) is 18.7 Å². The standard InChI is InChI=1S/C17H30N4O8/c1-4-8(2)13(18)16(27)20-10(5-6-12(24)25)15(26)19-7-11(23)21-14(9(3)22)17(28)29/h8-10,13-14,22H,4-7,18H2,1-3H3,(H,19,26)(H,20,27)(H,21,23)(H,24,25)(H,28,29). The van der Waals surface area contributed by atoms with Crippen molar-refractivity contribution in [3.8, 4) is 0 Å². The maximum Gasteiger partial charge on any atom is 0.328 e. The maximum atomic E-state index is 12.3. The molecule has 0 radical (unpaired) electrons. The number of nitrogens with two attached hydrogens (primary N) is 1. The van der Waals surface area contributed by atoms with Crippen LogP contribution in [0.25, 0.3) is 0 Å². The quantitative estimate of drug-likeness (QED) is 0.172. The number of aliphatic hydroxyl groups is 1. The molecule has 0 aromatic heterocycles. The van der Waals surface area contributed by atoms with E-state index >= 15 is 0 Å². The second kappa shape index (κ2) is 12.7. The van der Waals surface area contributed by atoms with Gasteiger partial charge in [0, 0.05) is 6.42 Å². The molecule has 12 nitrogen and oxygen atoms in total. The van der Waals surface area contributed by atoms with Gasteiger partial charge in [-0.1, -0.05) is 20.3 Å². The third-order valence-electron chi connectivity index (χ3n) is 4.33. The third-order valence-corrected chi connectivity index (χ3v) is 4.33. The summed E-state index contributed by atoms with van der Waals surface area (Å²) >= 11 is 0. The Balaban J connectivity index is 4.95. The lowest BCUT2D eigenvalue weighted by atomic mass is 9.98. The lowest BCUT2D eigenvalue weighted by molar-refractivity contribution is -0.144. The molecule has 29 heavy (non-hydrogen) atoms. The first-order valence-corrected chi connectivity index (χ1v) is 9.16. The Bertz CT molecular complexity index is 610. The van der Waals surface area contributed by atoms with E-state index in [1.165, 1.54) is 6.92 Å². The fourth-order valence-electron chi connectivity index (χ4n) is 2.22. The summed E-state index contributed by atoms with van der Waals surface area (Å²) in [5.74, 6) is -5.14. The van der Waals surface area contributed by atoms with Crippen molar-refractivity contribution < 1.29 is 39.3 Å². The third kappa shape index (κ3) is 9.85. The summed E-state index contributed by atoms with van der Waals surface area (Å²) in [5, 5.41) is 33.7. The summed E-state index contributed by atoms with van der Waals surface area (Å²) in [6, 6.07) is -3.70. The van der Waals surface area contributed by atoms with Gasteiger partial charge in [-0.2, -0.15) is 0 Å². The summed E-state index contributed by atoms with van der Waals surface area (Å²) in [7, 11) is 0. The zero-order valence-electron chi connectivity index (χ0n) is 16.7. The molecule has 8 N–H and O–H groups in total. The number of carboxylic acids is 2. The van der Waals surface area contributed by atoms with Crippen LogP contribution in [0.1, 0.15) is 40.0 Å². The van der Waals surface area contributed by atoms with Crippen LogP contribution in [-0.2, 0) is 24.0 Å². The van der Waals surface area contributed by atoms with Crippen molar-refractivity contribution in [2.24, 2.45) is 11.7 Å². The number of hydrogen-bond acceptors (Lipinski definition) is 7. The van der Waals surface area contributed by atoms with E-state index in [4.69, 9.17) is 15.9 Å². The molecule has 0 aromatic carbocycles. The molecule has 0 spiro atoms. The highest BCUT2D eigenvalue weighted by Crippen LogP contribution is 2.07. The Labute approximate surface area is 168 Å². The topological polar surface area (TPSA) is 208 Å². The Morgan fingerprint density at radius 3 is 2.03 bits per heavy atom. The Morgan fingerprint density at radius 2 is 1.59 bits per heavy atom. The van der Waals surface area contributed by atoms with Gasteiger partial charge in [-0.25, -0.2) is 4.79 Å². The van der Waals surface area contributed by atoms with Crippen molar-refractivity contribution in [1.82, 2.24) is 16.0 Å². The molecule has 0 heterocycles. The van der Waals surface area contributed by atoms with Crippen LogP contribution in [0.4, 0.5) is 0 Å². The minimum atomic E-state index is -1.56. The summed E-state index contributed by atoms with van der Waals surface area (Å²) in [6.45, 7) is 4.13. The van der Waals surface area contributed by atoms with E-state index in [0.29, 0.717) is 6.42 Å². The number of carbonyl (C=O) groups excluding carboxylic acids is 3. The Hall–Kier alpha value is -2.73. The number of carbonyl (C=O) groups is 5. The van der Waals surface area contributed by atoms with Crippen LogP contribution in [0, 0.1) is 5.92 Å². The first-order chi connectivity index (χ1) is 13.4. The zero-order chi connectivity index (χ0) is 22.7. The minimum Gasteiger partial charge on any atom is -0.481 e. The van der Waals surface area contributed by atoms with Crippen molar-refractivity contribution >= 4 is 29.7 Å². The first kappa shape index (κ1) is 26.3. The van der Waals surface area contributed by atoms with E-state index in [1.54, 1.807) is 6.92 Å². The summed E-state index contributed by atoms with van der Waals surface area (Å²) < 4.78 is 0. The van der Waals surface area contributed by atoms with E-state index in [9.17, 15) is 29.1 Å². The molecule has 0 saturated carbocycles. The highest BCUT2D eigenvalue weighted by Gasteiger charge is 2.28.